The normalized spacial score (nSPS) is 12.6. The molecule has 4 heteroatoms. The number of hydrogen-bond acceptors (Lipinski definition) is 2. The average molecular weight is 280 g/mol. The number of halogens is 2. The second kappa shape index (κ2) is 5.59. The zero-order valence-corrected chi connectivity index (χ0v) is 10.2. The van der Waals surface area contributed by atoms with Crippen LogP contribution in [0.4, 0.5) is 0 Å². The molecule has 0 aliphatic heterocycles. The summed E-state index contributed by atoms with van der Waals surface area (Å²) < 4.78 is 5.44. The summed E-state index contributed by atoms with van der Waals surface area (Å²) in [4.78, 5) is 0. The molecule has 0 heterocycles. The summed E-state index contributed by atoms with van der Waals surface area (Å²) in [5.74, 6) is 0.684. The zero-order valence-electron chi connectivity index (χ0n) is 7.84. The summed E-state index contributed by atoms with van der Waals surface area (Å²) in [5, 5.41) is 10.8. The number of hydrogen-bond donors (Lipinski definition) is 1. The Balaban J connectivity index is 2.90. The lowest BCUT2D eigenvalue weighted by Gasteiger charge is -2.12. The van der Waals surface area contributed by atoms with Gasteiger partial charge in [-0.1, -0.05) is 27.5 Å². The van der Waals surface area contributed by atoms with Crippen LogP contribution in [0.3, 0.4) is 0 Å². The van der Waals surface area contributed by atoms with Crippen molar-refractivity contribution in [3.63, 3.8) is 0 Å². The van der Waals surface area contributed by atoms with Crippen molar-refractivity contribution in [2.75, 3.05) is 11.9 Å². The lowest BCUT2D eigenvalue weighted by atomic mass is 10.1. The minimum absolute atomic E-state index is 0.570. The predicted molar refractivity (Wildman–Crippen MR) is 61.4 cm³/mol. The van der Waals surface area contributed by atoms with E-state index < -0.39 is 6.10 Å². The molecule has 0 aliphatic carbocycles. The third-order valence-corrected chi connectivity index (χ3v) is 2.32. The van der Waals surface area contributed by atoms with Crippen molar-refractivity contribution in [1.82, 2.24) is 0 Å². The fourth-order valence-electron chi connectivity index (χ4n) is 1.13. The van der Waals surface area contributed by atoms with Gasteiger partial charge in [0.15, 0.2) is 0 Å². The van der Waals surface area contributed by atoms with Crippen molar-refractivity contribution >= 4 is 27.5 Å². The molecule has 1 unspecified atom stereocenters. The summed E-state index contributed by atoms with van der Waals surface area (Å²) in [6.45, 7) is 2.26. The van der Waals surface area contributed by atoms with Crippen LogP contribution in [0.15, 0.2) is 18.2 Å². The molecular formula is C10H12BrClO2. The Morgan fingerprint density at radius 2 is 2.29 bits per heavy atom. The molecule has 0 radical (unpaired) electrons. The van der Waals surface area contributed by atoms with E-state index in [1.54, 1.807) is 25.1 Å². The van der Waals surface area contributed by atoms with Crippen LogP contribution in [0.25, 0.3) is 0 Å². The molecule has 0 bridgehead atoms. The Hall–Kier alpha value is -0.250. The van der Waals surface area contributed by atoms with Crippen molar-refractivity contribution in [2.24, 2.45) is 0 Å². The molecule has 0 spiro atoms. The van der Waals surface area contributed by atoms with Gasteiger partial charge in [-0.25, -0.2) is 0 Å². The number of benzene rings is 1. The molecule has 0 saturated carbocycles. The minimum atomic E-state index is -0.570. The van der Waals surface area contributed by atoms with Crippen molar-refractivity contribution in [1.29, 1.82) is 0 Å². The van der Waals surface area contributed by atoms with Crippen LogP contribution < -0.4 is 4.74 Å². The quantitative estimate of drug-likeness (QED) is 0.858. The Morgan fingerprint density at radius 3 is 2.86 bits per heavy atom. The van der Waals surface area contributed by atoms with E-state index in [-0.39, 0.29) is 0 Å². The molecule has 1 N–H and O–H groups in total. The van der Waals surface area contributed by atoms with Gasteiger partial charge < -0.3 is 9.84 Å². The number of aliphatic hydroxyl groups excluding tert-OH is 1. The van der Waals surface area contributed by atoms with Gasteiger partial charge in [-0.15, -0.1) is 0 Å². The highest BCUT2D eigenvalue weighted by atomic mass is 79.9. The third kappa shape index (κ3) is 3.15. The molecule has 0 fully saturated rings. The van der Waals surface area contributed by atoms with Crippen LogP contribution in [0.1, 0.15) is 18.6 Å². The SMILES string of the molecule is CC(O)c1cc(Cl)ccc1OCCBr. The minimum Gasteiger partial charge on any atom is -0.492 e. The van der Waals surface area contributed by atoms with Gasteiger partial charge in [-0.2, -0.15) is 0 Å². The fraction of sp³-hybridized carbons (Fsp3) is 0.400. The Kier molecular flexibility index (Phi) is 4.72. The smallest absolute Gasteiger partial charge is 0.125 e. The zero-order chi connectivity index (χ0) is 10.6. The van der Waals surface area contributed by atoms with Crippen LogP contribution in [-0.2, 0) is 0 Å². The summed E-state index contributed by atoms with van der Waals surface area (Å²) >= 11 is 9.09. The van der Waals surface area contributed by atoms with Crippen molar-refractivity contribution < 1.29 is 9.84 Å². The van der Waals surface area contributed by atoms with Crippen molar-refractivity contribution in [2.45, 2.75) is 13.0 Å². The fourth-order valence-corrected chi connectivity index (χ4v) is 1.47. The van der Waals surface area contributed by atoms with Gasteiger partial charge in [0.2, 0.25) is 0 Å². The Bertz CT molecular complexity index is 302. The van der Waals surface area contributed by atoms with Crippen molar-refractivity contribution in [3.05, 3.63) is 28.8 Å². The number of aliphatic hydroxyl groups is 1. The monoisotopic (exact) mass is 278 g/mol. The maximum Gasteiger partial charge on any atom is 0.125 e. The molecule has 1 aromatic carbocycles. The summed E-state index contributed by atoms with van der Waals surface area (Å²) in [7, 11) is 0. The van der Waals surface area contributed by atoms with Gasteiger partial charge in [-0.05, 0) is 25.1 Å². The second-order valence-electron chi connectivity index (χ2n) is 2.90. The molecule has 0 aromatic heterocycles. The lowest BCUT2D eigenvalue weighted by Crippen LogP contribution is -2.02. The van der Waals surface area contributed by atoms with Gasteiger partial charge in [0.05, 0.1) is 12.7 Å². The van der Waals surface area contributed by atoms with Crippen LogP contribution >= 0.6 is 27.5 Å². The van der Waals surface area contributed by atoms with E-state index in [0.717, 1.165) is 10.9 Å². The van der Waals surface area contributed by atoms with Gasteiger partial charge in [0, 0.05) is 15.9 Å². The Labute approximate surface area is 97.0 Å². The molecule has 14 heavy (non-hydrogen) atoms. The van der Waals surface area contributed by atoms with E-state index in [1.165, 1.54) is 0 Å². The molecule has 1 aromatic rings. The maximum absolute atomic E-state index is 9.48. The molecular weight excluding hydrogens is 267 g/mol. The third-order valence-electron chi connectivity index (χ3n) is 1.76. The van der Waals surface area contributed by atoms with Gasteiger partial charge >= 0.3 is 0 Å². The summed E-state index contributed by atoms with van der Waals surface area (Å²) in [5.41, 5.74) is 0.721. The number of alkyl halides is 1. The van der Waals surface area contributed by atoms with E-state index in [4.69, 9.17) is 16.3 Å². The highest BCUT2D eigenvalue weighted by Gasteiger charge is 2.09. The Morgan fingerprint density at radius 1 is 1.57 bits per heavy atom. The van der Waals surface area contributed by atoms with E-state index >= 15 is 0 Å². The van der Waals surface area contributed by atoms with E-state index in [9.17, 15) is 5.11 Å². The number of rotatable bonds is 4. The lowest BCUT2D eigenvalue weighted by molar-refractivity contribution is 0.192. The average Bonchev–Trinajstić information content (AvgIpc) is 2.15. The standard InChI is InChI=1S/C10H12BrClO2/c1-7(13)9-6-8(12)2-3-10(9)14-5-4-11/h2-3,6-7,13H,4-5H2,1H3. The van der Waals surface area contributed by atoms with E-state index in [2.05, 4.69) is 15.9 Å². The molecule has 1 rings (SSSR count). The largest absolute Gasteiger partial charge is 0.492 e. The van der Waals surface area contributed by atoms with Crippen LogP contribution in [-0.4, -0.2) is 17.0 Å². The van der Waals surface area contributed by atoms with Crippen LogP contribution in [0.2, 0.25) is 5.02 Å². The first-order chi connectivity index (χ1) is 6.65. The van der Waals surface area contributed by atoms with E-state index in [0.29, 0.717) is 17.4 Å². The molecule has 0 aliphatic rings. The summed E-state index contributed by atoms with van der Waals surface area (Å²) in [6.07, 6.45) is -0.570. The van der Waals surface area contributed by atoms with Crippen molar-refractivity contribution in [3.8, 4) is 5.75 Å². The molecule has 78 valence electrons. The molecule has 1 atom stereocenters. The molecule has 0 amide bonds. The predicted octanol–water partition coefficient (Wildman–Crippen LogP) is 3.17. The highest BCUT2D eigenvalue weighted by molar-refractivity contribution is 9.09. The number of ether oxygens (including phenoxy) is 1. The second-order valence-corrected chi connectivity index (χ2v) is 4.12. The van der Waals surface area contributed by atoms with Gasteiger partial charge in [0.25, 0.3) is 0 Å². The first-order valence-electron chi connectivity index (χ1n) is 4.31. The maximum atomic E-state index is 9.48. The molecule has 0 saturated heterocycles. The van der Waals surface area contributed by atoms with E-state index in [1.807, 2.05) is 0 Å². The summed E-state index contributed by atoms with van der Waals surface area (Å²) in [6, 6.07) is 5.24. The van der Waals surface area contributed by atoms with Gasteiger partial charge in [-0.3, -0.25) is 0 Å². The topological polar surface area (TPSA) is 29.5 Å². The molecule has 2 nitrogen and oxygen atoms in total. The van der Waals surface area contributed by atoms with Crippen LogP contribution in [0, 0.1) is 0 Å². The highest BCUT2D eigenvalue weighted by Crippen LogP contribution is 2.28. The van der Waals surface area contributed by atoms with Crippen LogP contribution in [0.5, 0.6) is 5.75 Å². The first-order valence-corrected chi connectivity index (χ1v) is 5.81. The first kappa shape index (κ1) is 11.8. The van der Waals surface area contributed by atoms with Gasteiger partial charge in [0.1, 0.15) is 5.75 Å².